The summed E-state index contributed by atoms with van der Waals surface area (Å²) in [6.45, 7) is 5.21. The van der Waals surface area contributed by atoms with Gasteiger partial charge in [-0.3, -0.25) is 4.99 Å². The lowest BCUT2D eigenvalue weighted by Gasteiger charge is -2.12. The molecule has 0 amide bonds. The van der Waals surface area contributed by atoms with Gasteiger partial charge in [0.2, 0.25) is 0 Å². The zero-order valence-corrected chi connectivity index (χ0v) is 14.4. The molecule has 0 saturated heterocycles. The molecule has 0 heterocycles. The smallest absolute Gasteiger partial charge is 0.191 e. The Morgan fingerprint density at radius 2 is 1.91 bits per heavy atom. The Morgan fingerprint density at radius 3 is 2.50 bits per heavy atom. The van der Waals surface area contributed by atoms with E-state index in [4.69, 9.17) is 4.74 Å². The van der Waals surface area contributed by atoms with Crippen molar-refractivity contribution in [3.63, 3.8) is 0 Å². The van der Waals surface area contributed by atoms with Gasteiger partial charge in [-0.15, -0.1) is 0 Å². The SMILES string of the molecule is CCNC(=NCCCc1ccc(N(C)C)cc1)NCCOC. The first-order valence-corrected chi connectivity index (χ1v) is 7.94. The second-order valence-corrected chi connectivity index (χ2v) is 5.34. The maximum Gasteiger partial charge on any atom is 0.191 e. The predicted octanol–water partition coefficient (Wildman–Crippen LogP) is 1.89. The first-order chi connectivity index (χ1) is 10.7. The van der Waals surface area contributed by atoms with Gasteiger partial charge in [-0.1, -0.05) is 12.1 Å². The lowest BCUT2D eigenvalue weighted by molar-refractivity contribution is 0.203. The predicted molar refractivity (Wildman–Crippen MR) is 94.9 cm³/mol. The Morgan fingerprint density at radius 1 is 1.18 bits per heavy atom. The normalized spacial score (nSPS) is 11.4. The largest absolute Gasteiger partial charge is 0.383 e. The summed E-state index contributed by atoms with van der Waals surface area (Å²) in [5.41, 5.74) is 2.59. The molecule has 1 aromatic carbocycles. The highest BCUT2D eigenvalue weighted by molar-refractivity contribution is 5.79. The fraction of sp³-hybridized carbons (Fsp3) is 0.588. The van der Waals surface area contributed by atoms with Crippen molar-refractivity contribution in [1.29, 1.82) is 0 Å². The summed E-state index contributed by atoms with van der Waals surface area (Å²) in [7, 11) is 5.82. The second-order valence-electron chi connectivity index (χ2n) is 5.34. The van der Waals surface area contributed by atoms with Gasteiger partial charge in [0.1, 0.15) is 0 Å². The summed E-state index contributed by atoms with van der Waals surface area (Å²) >= 11 is 0. The van der Waals surface area contributed by atoms with Crippen molar-refractivity contribution in [2.45, 2.75) is 19.8 Å². The third-order valence-corrected chi connectivity index (χ3v) is 3.29. The van der Waals surface area contributed by atoms with Crippen LogP contribution < -0.4 is 15.5 Å². The number of benzene rings is 1. The molecule has 5 nitrogen and oxygen atoms in total. The molecule has 124 valence electrons. The number of anilines is 1. The highest BCUT2D eigenvalue weighted by atomic mass is 16.5. The van der Waals surface area contributed by atoms with E-state index in [-0.39, 0.29) is 0 Å². The Balaban J connectivity index is 2.35. The summed E-state index contributed by atoms with van der Waals surface area (Å²) in [4.78, 5) is 6.69. The van der Waals surface area contributed by atoms with E-state index in [1.54, 1.807) is 7.11 Å². The molecule has 0 spiro atoms. The number of aryl methyl sites for hydroxylation is 1. The quantitative estimate of drug-likeness (QED) is 0.415. The van der Waals surface area contributed by atoms with Crippen LogP contribution in [0, 0.1) is 0 Å². The molecule has 0 aliphatic rings. The molecule has 22 heavy (non-hydrogen) atoms. The molecule has 0 unspecified atom stereocenters. The molecule has 1 aromatic rings. The van der Waals surface area contributed by atoms with Gasteiger partial charge in [0.25, 0.3) is 0 Å². The van der Waals surface area contributed by atoms with Crippen LogP contribution in [0.5, 0.6) is 0 Å². The molecule has 0 bridgehead atoms. The van der Waals surface area contributed by atoms with Crippen LogP contribution in [0.25, 0.3) is 0 Å². The highest BCUT2D eigenvalue weighted by Gasteiger charge is 1.98. The number of hydrogen-bond acceptors (Lipinski definition) is 3. The fourth-order valence-electron chi connectivity index (χ4n) is 2.05. The van der Waals surface area contributed by atoms with Gasteiger partial charge in [-0.25, -0.2) is 0 Å². The second kappa shape index (κ2) is 10.9. The molecule has 0 fully saturated rings. The molecule has 5 heteroatoms. The number of methoxy groups -OCH3 is 1. The Bertz CT molecular complexity index is 429. The van der Waals surface area contributed by atoms with E-state index >= 15 is 0 Å². The molecule has 0 aromatic heterocycles. The van der Waals surface area contributed by atoms with Crippen molar-refractivity contribution in [2.75, 3.05) is 52.3 Å². The number of hydrogen-bond donors (Lipinski definition) is 2. The van der Waals surface area contributed by atoms with E-state index in [1.165, 1.54) is 11.3 Å². The van der Waals surface area contributed by atoms with Crippen LogP contribution in [0.3, 0.4) is 0 Å². The highest BCUT2D eigenvalue weighted by Crippen LogP contribution is 2.13. The van der Waals surface area contributed by atoms with E-state index in [1.807, 2.05) is 0 Å². The van der Waals surface area contributed by atoms with E-state index in [0.717, 1.165) is 38.4 Å². The van der Waals surface area contributed by atoms with Crippen LogP contribution >= 0.6 is 0 Å². The van der Waals surface area contributed by atoms with Crippen molar-refractivity contribution in [2.24, 2.45) is 4.99 Å². The van der Waals surface area contributed by atoms with Crippen LogP contribution in [-0.4, -0.2) is 53.4 Å². The number of nitrogens with one attached hydrogen (secondary N) is 2. The van der Waals surface area contributed by atoms with Gasteiger partial charge >= 0.3 is 0 Å². The van der Waals surface area contributed by atoms with Crippen LogP contribution in [0.1, 0.15) is 18.9 Å². The average Bonchev–Trinajstić information content (AvgIpc) is 2.52. The Labute approximate surface area is 134 Å². The Kier molecular flexibility index (Phi) is 9.07. The molecular weight excluding hydrogens is 276 g/mol. The molecule has 0 radical (unpaired) electrons. The van der Waals surface area contributed by atoms with Crippen LogP contribution in [0.2, 0.25) is 0 Å². The van der Waals surface area contributed by atoms with Gasteiger partial charge in [-0.05, 0) is 37.5 Å². The molecule has 0 atom stereocenters. The van der Waals surface area contributed by atoms with Gasteiger partial charge in [0, 0.05) is 46.5 Å². The number of nitrogens with zero attached hydrogens (tertiary/aromatic N) is 2. The van der Waals surface area contributed by atoms with Crippen molar-refractivity contribution < 1.29 is 4.74 Å². The monoisotopic (exact) mass is 306 g/mol. The summed E-state index contributed by atoms with van der Waals surface area (Å²) in [6, 6.07) is 8.71. The van der Waals surface area contributed by atoms with Gasteiger partial charge in [0.15, 0.2) is 5.96 Å². The van der Waals surface area contributed by atoms with Crippen molar-refractivity contribution >= 4 is 11.6 Å². The summed E-state index contributed by atoms with van der Waals surface area (Å²) in [5.74, 6) is 0.863. The van der Waals surface area contributed by atoms with Gasteiger partial charge < -0.3 is 20.3 Å². The molecule has 1 rings (SSSR count). The Hall–Kier alpha value is -1.75. The minimum absolute atomic E-state index is 0.683. The van der Waals surface area contributed by atoms with Gasteiger partial charge in [0.05, 0.1) is 6.61 Å². The van der Waals surface area contributed by atoms with E-state index in [9.17, 15) is 0 Å². The fourth-order valence-corrected chi connectivity index (χ4v) is 2.05. The minimum atomic E-state index is 0.683. The number of aliphatic imine (C=N–C) groups is 1. The first kappa shape index (κ1) is 18.3. The zero-order valence-electron chi connectivity index (χ0n) is 14.4. The van der Waals surface area contributed by atoms with Crippen LogP contribution in [0.4, 0.5) is 5.69 Å². The van der Waals surface area contributed by atoms with Crippen molar-refractivity contribution in [3.05, 3.63) is 29.8 Å². The molecule has 0 aliphatic heterocycles. The summed E-state index contributed by atoms with van der Waals surface area (Å²) in [6.07, 6.45) is 2.09. The van der Waals surface area contributed by atoms with Crippen molar-refractivity contribution in [3.8, 4) is 0 Å². The standard InChI is InChI=1S/C17H30N4O/c1-5-18-17(20-13-14-22-4)19-12-6-7-15-8-10-16(11-9-15)21(2)3/h8-11H,5-7,12-14H2,1-4H3,(H2,18,19,20). The maximum atomic E-state index is 5.03. The summed E-state index contributed by atoms with van der Waals surface area (Å²) < 4.78 is 5.03. The third kappa shape index (κ3) is 7.31. The molecular formula is C17H30N4O. The van der Waals surface area contributed by atoms with Crippen LogP contribution in [-0.2, 0) is 11.2 Å². The number of guanidine groups is 1. The third-order valence-electron chi connectivity index (χ3n) is 3.29. The van der Waals surface area contributed by atoms with E-state index < -0.39 is 0 Å². The molecule has 0 aliphatic carbocycles. The molecule has 2 N–H and O–H groups in total. The zero-order chi connectivity index (χ0) is 16.2. The lowest BCUT2D eigenvalue weighted by atomic mass is 10.1. The summed E-state index contributed by atoms with van der Waals surface area (Å²) in [5, 5.41) is 6.49. The molecule has 0 saturated carbocycles. The average molecular weight is 306 g/mol. The first-order valence-electron chi connectivity index (χ1n) is 7.94. The topological polar surface area (TPSA) is 48.9 Å². The lowest BCUT2D eigenvalue weighted by Crippen LogP contribution is -2.39. The minimum Gasteiger partial charge on any atom is -0.383 e. The maximum absolute atomic E-state index is 5.03. The van der Waals surface area contributed by atoms with E-state index in [0.29, 0.717) is 6.61 Å². The number of ether oxygens (including phenoxy) is 1. The van der Waals surface area contributed by atoms with Gasteiger partial charge in [-0.2, -0.15) is 0 Å². The van der Waals surface area contributed by atoms with E-state index in [2.05, 4.69) is 65.8 Å². The van der Waals surface area contributed by atoms with Crippen LogP contribution in [0.15, 0.2) is 29.3 Å². The van der Waals surface area contributed by atoms with Crippen molar-refractivity contribution in [1.82, 2.24) is 10.6 Å². The number of rotatable bonds is 9.